The molecule has 0 aromatic heterocycles. The zero-order chi connectivity index (χ0) is 16.2. The van der Waals surface area contributed by atoms with Crippen molar-refractivity contribution in [2.45, 2.75) is 64.5 Å². The van der Waals surface area contributed by atoms with E-state index < -0.39 is 0 Å². The summed E-state index contributed by atoms with van der Waals surface area (Å²) in [6.45, 7) is 6.97. The summed E-state index contributed by atoms with van der Waals surface area (Å²) in [4.78, 5) is 17.2. The van der Waals surface area contributed by atoms with Crippen LogP contribution in [0.15, 0.2) is 24.3 Å². The summed E-state index contributed by atoms with van der Waals surface area (Å²) in [6.07, 6.45) is 7.12. The summed E-state index contributed by atoms with van der Waals surface area (Å²) in [5.74, 6) is 0.341. The van der Waals surface area contributed by atoms with Gasteiger partial charge in [0.1, 0.15) is 0 Å². The molecule has 0 N–H and O–H groups in total. The highest BCUT2D eigenvalue weighted by molar-refractivity contribution is 5.78. The Morgan fingerprint density at radius 2 is 1.87 bits per heavy atom. The van der Waals surface area contributed by atoms with Crippen molar-refractivity contribution in [2.75, 3.05) is 19.6 Å². The summed E-state index contributed by atoms with van der Waals surface area (Å²) in [5.41, 5.74) is 2.71. The predicted molar refractivity (Wildman–Crippen MR) is 94.5 cm³/mol. The largest absolute Gasteiger partial charge is 0.339 e. The van der Waals surface area contributed by atoms with E-state index in [2.05, 4.69) is 47.9 Å². The summed E-state index contributed by atoms with van der Waals surface area (Å²) in [7, 11) is 0. The Bertz CT molecular complexity index is 525. The molecule has 1 aromatic carbocycles. The van der Waals surface area contributed by atoms with Crippen molar-refractivity contribution in [1.29, 1.82) is 0 Å². The fraction of sp³-hybridized carbons (Fsp3) is 0.650. The van der Waals surface area contributed by atoms with Gasteiger partial charge in [0.05, 0.1) is 6.54 Å². The van der Waals surface area contributed by atoms with Crippen LogP contribution >= 0.6 is 0 Å². The number of likely N-dealkylation sites (tertiary alicyclic amines) is 2. The van der Waals surface area contributed by atoms with Crippen LogP contribution in [0.4, 0.5) is 0 Å². The number of amides is 1. The molecule has 0 saturated carbocycles. The molecule has 1 aromatic rings. The molecule has 0 radical (unpaired) electrons. The van der Waals surface area contributed by atoms with Gasteiger partial charge in [0.15, 0.2) is 0 Å². The number of piperidine rings is 1. The van der Waals surface area contributed by atoms with E-state index in [0.717, 1.165) is 19.5 Å². The fourth-order valence-corrected chi connectivity index (χ4v) is 4.06. The monoisotopic (exact) mass is 314 g/mol. The zero-order valence-electron chi connectivity index (χ0n) is 14.6. The molecule has 2 aliphatic rings. The second kappa shape index (κ2) is 7.48. The quantitative estimate of drug-likeness (QED) is 0.850. The number of carbonyl (C=O) groups excluding carboxylic acids is 1. The number of carbonyl (C=O) groups is 1. The van der Waals surface area contributed by atoms with Crippen LogP contribution in [0.2, 0.25) is 0 Å². The topological polar surface area (TPSA) is 23.6 Å². The smallest absolute Gasteiger partial charge is 0.236 e. The highest BCUT2D eigenvalue weighted by Crippen LogP contribution is 2.23. The van der Waals surface area contributed by atoms with E-state index in [4.69, 9.17) is 0 Å². The first-order valence-electron chi connectivity index (χ1n) is 9.22. The van der Waals surface area contributed by atoms with E-state index >= 15 is 0 Å². The molecule has 0 aliphatic carbocycles. The maximum absolute atomic E-state index is 12.7. The minimum Gasteiger partial charge on any atom is -0.339 e. The zero-order valence-corrected chi connectivity index (χ0v) is 14.6. The SMILES string of the molecule is Cc1ccc(CC2CCCN2CC(=O)N2CCCCC2C)cc1. The molecule has 0 bridgehead atoms. The average Bonchev–Trinajstić information content (AvgIpc) is 2.97. The lowest BCUT2D eigenvalue weighted by atomic mass is 10.0. The molecule has 2 saturated heterocycles. The molecule has 2 atom stereocenters. The number of hydrogen-bond acceptors (Lipinski definition) is 2. The molecule has 23 heavy (non-hydrogen) atoms. The Kier molecular flexibility index (Phi) is 5.37. The van der Waals surface area contributed by atoms with Crippen LogP contribution in [0.5, 0.6) is 0 Å². The van der Waals surface area contributed by atoms with Crippen molar-refractivity contribution in [3.8, 4) is 0 Å². The van der Waals surface area contributed by atoms with E-state index in [0.29, 0.717) is 24.5 Å². The van der Waals surface area contributed by atoms with E-state index in [1.165, 1.54) is 43.2 Å². The second-order valence-corrected chi connectivity index (χ2v) is 7.39. The normalized spacial score (nSPS) is 25.7. The van der Waals surface area contributed by atoms with Crippen molar-refractivity contribution < 1.29 is 4.79 Å². The van der Waals surface area contributed by atoms with Crippen LogP contribution in [-0.4, -0.2) is 47.4 Å². The molecule has 3 nitrogen and oxygen atoms in total. The highest BCUT2D eigenvalue weighted by Gasteiger charge is 2.30. The maximum Gasteiger partial charge on any atom is 0.236 e. The summed E-state index contributed by atoms with van der Waals surface area (Å²) in [5, 5.41) is 0. The number of rotatable bonds is 4. The molecular weight excluding hydrogens is 284 g/mol. The molecule has 2 aliphatic heterocycles. The van der Waals surface area contributed by atoms with Gasteiger partial charge in [-0.25, -0.2) is 0 Å². The molecule has 2 fully saturated rings. The van der Waals surface area contributed by atoms with Gasteiger partial charge in [-0.15, -0.1) is 0 Å². The van der Waals surface area contributed by atoms with Gasteiger partial charge in [0.25, 0.3) is 0 Å². The van der Waals surface area contributed by atoms with Crippen molar-refractivity contribution >= 4 is 5.91 Å². The van der Waals surface area contributed by atoms with Gasteiger partial charge in [-0.1, -0.05) is 29.8 Å². The van der Waals surface area contributed by atoms with E-state index in [-0.39, 0.29) is 0 Å². The van der Waals surface area contributed by atoms with E-state index in [1.807, 2.05) is 0 Å². The molecule has 3 rings (SSSR count). The number of benzene rings is 1. The molecule has 2 heterocycles. The number of nitrogens with zero attached hydrogens (tertiary/aromatic N) is 2. The second-order valence-electron chi connectivity index (χ2n) is 7.39. The molecular formula is C20H30N2O. The highest BCUT2D eigenvalue weighted by atomic mass is 16.2. The summed E-state index contributed by atoms with van der Waals surface area (Å²) < 4.78 is 0. The molecule has 0 spiro atoms. The standard InChI is InChI=1S/C20H30N2O/c1-16-8-10-18(11-9-16)14-19-7-5-12-21(19)15-20(23)22-13-4-3-6-17(22)2/h8-11,17,19H,3-7,12-15H2,1-2H3. The van der Waals surface area contributed by atoms with Crippen molar-refractivity contribution in [3.05, 3.63) is 35.4 Å². The number of aryl methyl sites for hydroxylation is 1. The Morgan fingerprint density at radius 3 is 2.61 bits per heavy atom. The molecule has 3 heteroatoms. The Morgan fingerprint density at radius 1 is 1.09 bits per heavy atom. The van der Waals surface area contributed by atoms with Crippen molar-refractivity contribution in [3.63, 3.8) is 0 Å². The third-order valence-corrected chi connectivity index (χ3v) is 5.55. The fourth-order valence-electron chi connectivity index (χ4n) is 4.06. The third-order valence-electron chi connectivity index (χ3n) is 5.55. The Balaban J connectivity index is 1.58. The Labute approximate surface area is 140 Å². The first-order valence-corrected chi connectivity index (χ1v) is 9.22. The van der Waals surface area contributed by atoms with Gasteiger partial charge in [-0.2, -0.15) is 0 Å². The van der Waals surface area contributed by atoms with Gasteiger partial charge in [0, 0.05) is 18.6 Å². The van der Waals surface area contributed by atoms with Crippen LogP contribution in [-0.2, 0) is 11.2 Å². The van der Waals surface area contributed by atoms with Crippen LogP contribution in [0.25, 0.3) is 0 Å². The lowest BCUT2D eigenvalue weighted by Crippen LogP contribution is -2.48. The van der Waals surface area contributed by atoms with Gasteiger partial charge in [-0.05, 0) is 64.5 Å². The van der Waals surface area contributed by atoms with Gasteiger partial charge >= 0.3 is 0 Å². The van der Waals surface area contributed by atoms with Crippen LogP contribution < -0.4 is 0 Å². The number of hydrogen-bond donors (Lipinski definition) is 0. The molecule has 1 amide bonds. The first kappa shape index (κ1) is 16.5. The minimum atomic E-state index is 0.341. The summed E-state index contributed by atoms with van der Waals surface area (Å²) >= 11 is 0. The van der Waals surface area contributed by atoms with Crippen LogP contribution in [0, 0.1) is 6.92 Å². The lowest BCUT2D eigenvalue weighted by Gasteiger charge is -2.35. The van der Waals surface area contributed by atoms with Crippen molar-refractivity contribution in [2.24, 2.45) is 0 Å². The Hall–Kier alpha value is -1.35. The average molecular weight is 314 g/mol. The summed E-state index contributed by atoms with van der Waals surface area (Å²) in [6, 6.07) is 9.81. The van der Waals surface area contributed by atoms with Gasteiger partial charge in [-0.3, -0.25) is 9.69 Å². The molecule has 2 unspecified atom stereocenters. The van der Waals surface area contributed by atoms with Crippen LogP contribution in [0.3, 0.4) is 0 Å². The van der Waals surface area contributed by atoms with Gasteiger partial charge in [0.2, 0.25) is 5.91 Å². The van der Waals surface area contributed by atoms with E-state index in [9.17, 15) is 4.79 Å². The minimum absolute atomic E-state index is 0.341. The molecule has 126 valence electrons. The van der Waals surface area contributed by atoms with Crippen LogP contribution in [0.1, 0.15) is 50.2 Å². The van der Waals surface area contributed by atoms with Crippen molar-refractivity contribution in [1.82, 2.24) is 9.80 Å². The lowest BCUT2D eigenvalue weighted by molar-refractivity contribution is -0.135. The first-order chi connectivity index (χ1) is 11.1. The van der Waals surface area contributed by atoms with E-state index in [1.54, 1.807) is 0 Å². The van der Waals surface area contributed by atoms with Gasteiger partial charge < -0.3 is 4.90 Å². The predicted octanol–water partition coefficient (Wildman–Crippen LogP) is 3.40. The third kappa shape index (κ3) is 4.14. The maximum atomic E-state index is 12.7.